The monoisotopic (exact) mass is 233 g/mol. The Labute approximate surface area is 89.6 Å². The van der Waals surface area contributed by atoms with Crippen molar-refractivity contribution >= 4 is 5.97 Å². The highest BCUT2D eigenvalue weighted by molar-refractivity contribution is 5.92. The summed E-state index contributed by atoms with van der Waals surface area (Å²) in [7, 11) is 2.30. The SMILES string of the molecule is COc1cnc(OC)c(C(=O)O)c1C(F)F. The van der Waals surface area contributed by atoms with Gasteiger partial charge in [0.05, 0.1) is 26.0 Å². The second-order valence-electron chi connectivity index (χ2n) is 2.73. The van der Waals surface area contributed by atoms with E-state index in [1.54, 1.807) is 0 Å². The van der Waals surface area contributed by atoms with Gasteiger partial charge in [-0.2, -0.15) is 0 Å². The van der Waals surface area contributed by atoms with Crippen molar-refractivity contribution in [2.45, 2.75) is 6.43 Å². The molecule has 1 aromatic heterocycles. The third-order valence-corrected chi connectivity index (χ3v) is 1.89. The molecule has 88 valence electrons. The maximum absolute atomic E-state index is 12.7. The van der Waals surface area contributed by atoms with Crippen LogP contribution in [0.4, 0.5) is 8.78 Å². The summed E-state index contributed by atoms with van der Waals surface area (Å²) in [5.74, 6) is -2.20. The number of alkyl halides is 2. The highest BCUT2D eigenvalue weighted by atomic mass is 19.3. The van der Waals surface area contributed by atoms with E-state index in [1.165, 1.54) is 0 Å². The molecule has 0 spiro atoms. The molecule has 0 atom stereocenters. The van der Waals surface area contributed by atoms with Gasteiger partial charge < -0.3 is 14.6 Å². The Morgan fingerprint density at radius 3 is 2.44 bits per heavy atom. The van der Waals surface area contributed by atoms with E-state index < -0.39 is 23.5 Å². The number of rotatable bonds is 4. The number of methoxy groups -OCH3 is 2. The minimum Gasteiger partial charge on any atom is -0.495 e. The molecule has 0 saturated heterocycles. The fourth-order valence-corrected chi connectivity index (χ4v) is 1.23. The normalized spacial score (nSPS) is 10.3. The van der Waals surface area contributed by atoms with Crippen LogP contribution in [0.1, 0.15) is 22.3 Å². The maximum Gasteiger partial charge on any atom is 0.341 e. The molecular formula is C9H9F2NO4. The molecule has 5 nitrogen and oxygen atoms in total. The van der Waals surface area contributed by atoms with Crippen LogP contribution in [0.3, 0.4) is 0 Å². The first-order chi connectivity index (χ1) is 7.52. The summed E-state index contributed by atoms with van der Waals surface area (Å²) in [5, 5.41) is 8.84. The first-order valence-corrected chi connectivity index (χ1v) is 4.15. The summed E-state index contributed by atoms with van der Waals surface area (Å²) < 4.78 is 34.7. The third kappa shape index (κ3) is 2.02. The highest BCUT2D eigenvalue weighted by Gasteiger charge is 2.27. The minimum absolute atomic E-state index is 0.284. The summed E-state index contributed by atoms with van der Waals surface area (Å²) in [5.41, 5.74) is -1.42. The summed E-state index contributed by atoms with van der Waals surface area (Å²) in [6.07, 6.45) is -2.00. The van der Waals surface area contributed by atoms with E-state index >= 15 is 0 Å². The van der Waals surface area contributed by atoms with Crippen molar-refractivity contribution in [3.8, 4) is 11.6 Å². The predicted octanol–water partition coefficient (Wildman–Crippen LogP) is 1.73. The molecule has 16 heavy (non-hydrogen) atoms. The summed E-state index contributed by atoms with van der Waals surface area (Å²) in [6.45, 7) is 0. The molecule has 1 heterocycles. The van der Waals surface area contributed by atoms with Crippen molar-refractivity contribution in [1.82, 2.24) is 4.98 Å². The zero-order valence-electron chi connectivity index (χ0n) is 8.53. The van der Waals surface area contributed by atoms with Gasteiger partial charge in [0.1, 0.15) is 11.3 Å². The van der Waals surface area contributed by atoms with E-state index in [9.17, 15) is 13.6 Å². The number of hydrogen-bond acceptors (Lipinski definition) is 4. The molecular weight excluding hydrogens is 224 g/mol. The number of aromatic nitrogens is 1. The third-order valence-electron chi connectivity index (χ3n) is 1.89. The standard InChI is InChI=1S/C9H9F2NO4/c1-15-4-3-12-8(16-2)6(9(13)14)5(4)7(10)11/h3,7H,1-2H3,(H,13,14). The molecule has 0 fully saturated rings. The molecule has 0 aliphatic heterocycles. The molecule has 7 heteroatoms. The number of carboxylic acids is 1. The quantitative estimate of drug-likeness (QED) is 0.857. The van der Waals surface area contributed by atoms with Crippen LogP contribution in [0, 0.1) is 0 Å². The number of ether oxygens (including phenoxy) is 2. The number of pyridine rings is 1. The molecule has 0 aliphatic carbocycles. The molecule has 1 N–H and O–H groups in total. The van der Waals surface area contributed by atoms with Gasteiger partial charge in [-0.1, -0.05) is 0 Å². The van der Waals surface area contributed by atoms with Crippen LogP contribution >= 0.6 is 0 Å². The average molecular weight is 233 g/mol. The number of halogens is 2. The van der Waals surface area contributed by atoms with Crippen LogP contribution in [0.2, 0.25) is 0 Å². The van der Waals surface area contributed by atoms with Gasteiger partial charge in [0, 0.05) is 0 Å². The Morgan fingerprint density at radius 1 is 1.44 bits per heavy atom. The molecule has 0 aromatic carbocycles. The largest absolute Gasteiger partial charge is 0.495 e. The van der Waals surface area contributed by atoms with E-state index in [2.05, 4.69) is 14.5 Å². The molecule has 1 rings (SSSR count). The average Bonchev–Trinajstić information content (AvgIpc) is 2.26. The molecule has 0 saturated carbocycles. The molecule has 0 bridgehead atoms. The van der Waals surface area contributed by atoms with Gasteiger partial charge in [-0.3, -0.25) is 0 Å². The first-order valence-electron chi connectivity index (χ1n) is 4.15. The van der Waals surface area contributed by atoms with Crippen LogP contribution in [-0.2, 0) is 0 Å². The second kappa shape index (κ2) is 4.73. The van der Waals surface area contributed by atoms with Gasteiger partial charge >= 0.3 is 5.97 Å². The van der Waals surface area contributed by atoms with E-state index in [0.29, 0.717) is 0 Å². The molecule has 0 amide bonds. The van der Waals surface area contributed by atoms with Crippen LogP contribution in [0.5, 0.6) is 11.6 Å². The molecule has 1 aromatic rings. The van der Waals surface area contributed by atoms with Gasteiger partial charge in [0.2, 0.25) is 5.88 Å². The highest BCUT2D eigenvalue weighted by Crippen LogP contribution is 2.35. The van der Waals surface area contributed by atoms with Crippen molar-refractivity contribution in [2.24, 2.45) is 0 Å². The van der Waals surface area contributed by atoms with Crippen LogP contribution in [0.25, 0.3) is 0 Å². The van der Waals surface area contributed by atoms with Gasteiger partial charge in [-0.25, -0.2) is 18.6 Å². The number of nitrogens with zero attached hydrogens (tertiary/aromatic N) is 1. The van der Waals surface area contributed by atoms with Crippen LogP contribution < -0.4 is 9.47 Å². The van der Waals surface area contributed by atoms with Crippen LogP contribution in [-0.4, -0.2) is 30.3 Å². The van der Waals surface area contributed by atoms with E-state index in [-0.39, 0.29) is 11.6 Å². The summed E-state index contributed by atoms with van der Waals surface area (Å²) >= 11 is 0. The lowest BCUT2D eigenvalue weighted by Crippen LogP contribution is -2.09. The maximum atomic E-state index is 12.7. The number of carboxylic acid groups (broad SMARTS) is 1. The van der Waals surface area contributed by atoms with E-state index in [4.69, 9.17) is 5.11 Å². The molecule has 0 aliphatic rings. The Kier molecular flexibility index (Phi) is 3.60. The number of carbonyl (C=O) groups is 1. The zero-order valence-corrected chi connectivity index (χ0v) is 8.53. The van der Waals surface area contributed by atoms with Crippen molar-refractivity contribution in [2.75, 3.05) is 14.2 Å². The van der Waals surface area contributed by atoms with Crippen molar-refractivity contribution < 1.29 is 28.2 Å². The van der Waals surface area contributed by atoms with E-state index in [1.807, 2.05) is 0 Å². The first kappa shape index (κ1) is 12.2. The zero-order chi connectivity index (χ0) is 12.3. The van der Waals surface area contributed by atoms with Gasteiger partial charge in [-0.15, -0.1) is 0 Å². The summed E-state index contributed by atoms with van der Waals surface area (Å²) in [6, 6.07) is 0. The lowest BCUT2D eigenvalue weighted by molar-refractivity contribution is 0.0677. The fraction of sp³-hybridized carbons (Fsp3) is 0.333. The lowest BCUT2D eigenvalue weighted by Gasteiger charge is -2.12. The molecule has 0 unspecified atom stereocenters. The lowest BCUT2D eigenvalue weighted by atomic mass is 10.1. The van der Waals surface area contributed by atoms with Crippen LogP contribution in [0.15, 0.2) is 6.20 Å². The topological polar surface area (TPSA) is 68.7 Å². The Bertz CT molecular complexity index is 409. The Hall–Kier alpha value is -1.92. The molecule has 0 radical (unpaired) electrons. The van der Waals surface area contributed by atoms with Gasteiger partial charge in [0.25, 0.3) is 6.43 Å². The predicted molar refractivity (Wildman–Crippen MR) is 49.3 cm³/mol. The number of aromatic carboxylic acids is 1. The van der Waals surface area contributed by atoms with Crippen molar-refractivity contribution in [1.29, 1.82) is 0 Å². The number of hydrogen-bond donors (Lipinski definition) is 1. The second-order valence-corrected chi connectivity index (χ2v) is 2.73. The van der Waals surface area contributed by atoms with Crippen molar-refractivity contribution in [3.05, 3.63) is 17.3 Å². The minimum atomic E-state index is -2.99. The smallest absolute Gasteiger partial charge is 0.341 e. The van der Waals surface area contributed by atoms with Crippen molar-refractivity contribution in [3.63, 3.8) is 0 Å². The summed E-state index contributed by atoms with van der Waals surface area (Å²) in [4.78, 5) is 14.4. The van der Waals surface area contributed by atoms with Gasteiger partial charge in [-0.05, 0) is 0 Å². The van der Waals surface area contributed by atoms with E-state index in [0.717, 1.165) is 20.4 Å². The fourth-order valence-electron chi connectivity index (χ4n) is 1.23. The Morgan fingerprint density at radius 2 is 2.06 bits per heavy atom. The Balaban J connectivity index is 3.53. The van der Waals surface area contributed by atoms with Gasteiger partial charge in [0.15, 0.2) is 0 Å².